The van der Waals surface area contributed by atoms with Crippen molar-refractivity contribution in [2.75, 3.05) is 11.9 Å². The zero-order valence-corrected chi connectivity index (χ0v) is 13.6. The molecule has 2 aromatic rings. The SMILES string of the molecule is N#Cc1cccc(NC(=O)COC(=O)/C=C/c2ccc(F)c(Cl)c2)c1. The van der Waals surface area contributed by atoms with Gasteiger partial charge in [0.15, 0.2) is 6.61 Å². The van der Waals surface area contributed by atoms with Crippen LogP contribution in [0.5, 0.6) is 0 Å². The number of nitrogens with zero attached hydrogens (tertiary/aromatic N) is 1. The maximum Gasteiger partial charge on any atom is 0.331 e. The molecule has 0 aliphatic heterocycles. The van der Waals surface area contributed by atoms with E-state index in [4.69, 9.17) is 21.6 Å². The molecule has 0 fully saturated rings. The van der Waals surface area contributed by atoms with Gasteiger partial charge >= 0.3 is 5.97 Å². The Bertz CT molecular complexity index is 875. The number of nitrogens with one attached hydrogen (secondary N) is 1. The summed E-state index contributed by atoms with van der Waals surface area (Å²) in [6.07, 6.45) is 2.50. The van der Waals surface area contributed by atoms with Crippen molar-refractivity contribution < 1.29 is 18.7 Å². The Morgan fingerprint density at radius 2 is 2.08 bits per heavy atom. The van der Waals surface area contributed by atoms with Crippen LogP contribution in [0.25, 0.3) is 6.08 Å². The Labute approximate surface area is 148 Å². The van der Waals surface area contributed by atoms with Crippen molar-refractivity contribution in [3.05, 3.63) is 70.5 Å². The van der Waals surface area contributed by atoms with Crippen LogP contribution in [0, 0.1) is 17.1 Å². The van der Waals surface area contributed by atoms with E-state index < -0.39 is 24.3 Å². The number of nitriles is 1. The van der Waals surface area contributed by atoms with Crippen molar-refractivity contribution in [3.8, 4) is 6.07 Å². The number of amides is 1. The first-order valence-corrected chi connectivity index (χ1v) is 7.45. The normalized spacial score (nSPS) is 10.3. The minimum Gasteiger partial charge on any atom is -0.452 e. The predicted molar refractivity (Wildman–Crippen MR) is 91.2 cm³/mol. The van der Waals surface area contributed by atoms with Crippen LogP contribution in [0.3, 0.4) is 0 Å². The van der Waals surface area contributed by atoms with Gasteiger partial charge in [-0.1, -0.05) is 23.7 Å². The Balaban J connectivity index is 1.84. The van der Waals surface area contributed by atoms with E-state index in [1.165, 1.54) is 30.3 Å². The fraction of sp³-hybridized carbons (Fsp3) is 0.0556. The number of carbonyl (C=O) groups is 2. The van der Waals surface area contributed by atoms with Crippen molar-refractivity contribution in [1.82, 2.24) is 0 Å². The van der Waals surface area contributed by atoms with Crippen molar-refractivity contribution in [2.24, 2.45) is 0 Å². The van der Waals surface area contributed by atoms with Crippen LogP contribution in [0.4, 0.5) is 10.1 Å². The molecule has 7 heteroatoms. The van der Waals surface area contributed by atoms with E-state index in [1.54, 1.807) is 18.2 Å². The summed E-state index contributed by atoms with van der Waals surface area (Å²) in [4.78, 5) is 23.3. The van der Waals surface area contributed by atoms with Gasteiger partial charge in [-0.2, -0.15) is 5.26 Å². The standard InChI is InChI=1S/C18H12ClFN2O3/c19-15-9-12(4-6-16(15)20)5-7-18(24)25-11-17(23)22-14-3-1-2-13(8-14)10-21/h1-9H,11H2,(H,22,23)/b7-5+. The first-order chi connectivity index (χ1) is 12.0. The smallest absolute Gasteiger partial charge is 0.331 e. The van der Waals surface area contributed by atoms with Crippen molar-refractivity contribution in [1.29, 1.82) is 5.26 Å². The van der Waals surface area contributed by atoms with E-state index >= 15 is 0 Å². The molecule has 2 rings (SSSR count). The van der Waals surface area contributed by atoms with Gasteiger partial charge < -0.3 is 10.1 Å². The van der Waals surface area contributed by atoms with Gasteiger partial charge in [0.25, 0.3) is 5.91 Å². The second kappa shape index (κ2) is 8.62. The number of esters is 1. The number of halogens is 2. The summed E-state index contributed by atoms with van der Waals surface area (Å²) in [7, 11) is 0. The minimum atomic E-state index is -0.735. The fourth-order valence-electron chi connectivity index (χ4n) is 1.83. The maximum atomic E-state index is 13.0. The monoisotopic (exact) mass is 358 g/mol. The molecule has 0 radical (unpaired) electrons. The minimum absolute atomic E-state index is 0.0607. The largest absolute Gasteiger partial charge is 0.452 e. The molecular weight excluding hydrogens is 347 g/mol. The summed E-state index contributed by atoms with van der Waals surface area (Å²) < 4.78 is 17.8. The molecule has 0 bridgehead atoms. The first-order valence-electron chi connectivity index (χ1n) is 7.08. The van der Waals surface area contributed by atoms with Crippen LogP contribution in [0.2, 0.25) is 5.02 Å². The van der Waals surface area contributed by atoms with E-state index in [2.05, 4.69) is 5.32 Å². The molecule has 126 valence electrons. The summed E-state index contributed by atoms with van der Waals surface area (Å²) in [5.41, 5.74) is 1.34. The summed E-state index contributed by atoms with van der Waals surface area (Å²) in [6, 6.07) is 12.3. The highest BCUT2D eigenvalue weighted by Gasteiger charge is 2.06. The van der Waals surface area contributed by atoms with Gasteiger partial charge in [-0.3, -0.25) is 4.79 Å². The Morgan fingerprint density at radius 3 is 2.80 bits per heavy atom. The molecule has 0 aliphatic carbocycles. The highest BCUT2D eigenvalue weighted by atomic mass is 35.5. The Morgan fingerprint density at radius 1 is 1.28 bits per heavy atom. The van der Waals surface area contributed by atoms with E-state index in [0.717, 1.165) is 6.08 Å². The first kappa shape index (κ1) is 18.2. The molecular formula is C18H12ClFN2O3. The summed E-state index contributed by atoms with van der Waals surface area (Å²) in [6.45, 7) is -0.482. The lowest BCUT2D eigenvalue weighted by atomic mass is 10.2. The van der Waals surface area contributed by atoms with Crippen molar-refractivity contribution in [2.45, 2.75) is 0 Å². The van der Waals surface area contributed by atoms with E-state index in [-0.39, 0.29) is 5.02 Å². The number of rotatable bonds is 5. The molecule has 0 unspecified atom stereocenters. The van der Waals surface area contributed by atoms with Crippen LogP contribution in [0.15, 0.2) is 48.5 Å². The number of ether oxygens (including phenoxy) is 1. The lowest BCUT2D eigenvalue weighted by Gasteiger charge is -2.05. The average molecular weight is 359 g/mol. The summed E-state index contributed by atoms with van der Waals surface area (Å²) in [5.74, 6) is -1.83. The number of hydrogen-bond acceptors (Lipinski definition) is 4. The van der Waals surface area contributed by atoms with Gasteiger partial charge in [-0.15, -0.1) is 0 Å². The van der Waals surface area contributed by atoms with Crippen molar-refractivity contribution >= 4 is 35.2 Å². The Kier molecular flexibility index (Phi) is 6.26. The lowest BCUT2D eigenvalue weighted by Crippen LogP contribution is -2.20. The molecule has 25 heavy (non-hydrogen) atoms. The zero-order valence-electron chi connectivity index (χ0n) is 12.8. The zero-order chi connectivity index (χ0) is 18.2. The van der Waals surface area contributed by atoms with Crippen LogP contribution in [0.1, 0.15) is 11.1 Å². The molecule has 0 aliphatic rings. The van der Waals surface area contributed by atoms with E-state index in [9.17, 15) is 14.0 Å². The molecule has 0 heterocycles. The van der Waals surface area contributed by atoms with E-state index in [1.807, 2.05) is 6.07 Å². The third kappa shape index (κ3) is 5.75. The number of benzene rings is 2. The molecule has 1 N–H and O–H groups in total. The molecule has 5 nitrogen and oxygen atoms in total. The maximum absolute atomic E-state index is 13.0. The quantitative estimate of drug-likeness (QED) is 0.655. The second-order valence-corrected chi connectivity index (χ2v) is 5.26. The molecule has 0 spiro atoms. The van der Waals surface area contributed by atoms with Gasteiger partial charge in [0.1, 0.15) is 5.82 Å². The second-order valence-electron chi connectivity index (χ2n) is 4.86. The fourth-order valence-corrected chi connectivity index (χ4v) is 2.02. The van der Waals surface area contributed by atoms with E-state index in [0.29, 0.717) is 16.8 Å². The molecule has 0 atom stereocenters. The highest BCUT2D eigenvalue weighted by molar-refractivity contribution is 6.30. The number of hydrogen-bond donors (Lipinski definition) is 1. The average Bonchev–Trinajstić information content (AvgIpc) is 2.61. The molecule has 0 saturated heterocycles. The molecule has 0 saturated carbocycles. The van der Waals surface area contributed by atoms with Crippen LogP contribution < -0.4 is 5.32 Å². The van der Waals surface area contributed by atoms with Gasteiger partial charge in [0, 0.05) is 11.8 Å². The van der Waals surface area contributed by atoms with Crippen LogP contribution in [-0.4, -0.2) is 18.5 Å². The van der Waals surface area contributed by atoms with Gasteiger partial charge in [0.05, 0.1) is 16.7 Å². The van der Waals surface area contributed by atoms with Gasteiger partial charge in [0.2, 0.25) is 0 Å². The number of anilines is 1. The lowest BCUT2D eigenvalue weighted by molar-refractivity contribution is -0.142. The third-order valence-electron chi connectivity index (χ3n) is 2.98. The van der Waals surface area contributed by atoms with Crippen LogP contribution >= 0.6 is 11.6 Å². The summed E-state index contributed by atoms with van der Waals surface area (Å²) >= 11 is 5.63. The topological polar surface area (TPSA) is 79.2 Å². The number of carbonyl (C=O) groups excluding carboxylic acids is 2. The summed E-state index contributed by atoms with van der Waals surface area (Å²) in [5, 5.41) is 11.2. The highest BCUT2D eigenvalue weighted by Crippen LogP contribution is 2.16. The van der Waals surface area contributed by atoms with Gasteiger partial charge in [-0.25, -0.2) is 9.18 Å². The van der Waals surface area contributed by atoms with Gasteiger partial charge in [-0.05, 0) is 42.0 Å². The Hall–Kier alpha value is -3.17. The molecule has 0 aromatic heterocycles. The molecule has 2 aromatic carbocycles. The predicted octanol–water partition coefficient (Wildman–Crippen LogP) is 3.55. The third-order valence-corrected chi connectivity index (χ3v) is 3.27. The van der Waals surface area contributed by atoms with Crippen LogP contribution in [-0.2, 0) is 14.3 Å². The van der Waals surface area contributed by atoms with Crippen molar-refractivity contribution in [3.63, 3.8) is 0 Å². The molecule has 1 amide bonds.